The lowest BCUT2D eigenvalue weighted by Gasteiger charge is -2.04. The van der Waals surface area contributed by atoms with Gasteiger partial charge in [0.05, 0.1) is 6.07 Å². The van der Waals surface area contributed by atoms with Crippen LogP contribution in [0.1, 0.15) is 12.0 Å². The van der Waals surface area contributed by atoms with Crippen LogP contribution < -0.4 is 5.32 Å². The molecule has 0 aromatic heterocycles. The van der Waals surface area contributed by atoms with Gasteiger partial charge in [0.2, 0.25) is 5.91 Å². The zero-order chi connectivity index (χ0) is 11.1. The number of para-hydroxylation sites is 1. The fourth-order valence-corrected chi connectivity index (χ4v) is 1.19. The summed E-state index contributed by atoms with van der Waals surface area (Å²) in [5.41, 5.74) is 0.787. The van der Waals surface area contributed by atoms with E-state index >= 15 is 0 Å². The molecule has 0 saturated heterocycles. The maximum atomic E-state index is 10.9. The highest BCUT2D eigenvalue weighted by Gasteiger charge is 2.01. The Hall–Kier alpha value is -2.02. The summed E-state index contributed by atoms with van der Waals surface area (Å²) in [6.45, 7) is 0.429. The summed E-state index contributed by atoms with van der Waals surface area (Å²) in [5.74, 6) is -0.0556. The van der Waals surface area contributed by atoms with Crippen molar-refractivity contribution in [3.63, 3.8) is 0 Å². The molecule has 4 nitrogen and oxygen atoms in total. The molecule has 15 heavy (non-hydrogen) atoms. The summed E-state index contributed by atoms with van der Waals surface area (Å²) in [6.07, 6.45) is 0.435. The number of carbonyl (C=O) groups excluding carboxylic acids is 1. The van der Waals surface area contributed by atoms with Gasteiger partial charge in [0, 0.05) is 6.54 Å². The second-order valence-corrected chi connectivity index (χ2v) is 3.06. The van der Waals surface area contributed by atoms with Crippen LogP contribution in [0.25, 0.3) is 0 Å². The first kappa shape index (κ1) is 11.1. The van der Waals surface area contributed by atoms with Gasteiger partial charge in [-0.25, -0.2) is 0 Å². The number of nitrogens with one attached hydrogen (secondary N) is 1. The van der Waals surface area contributed by atoms with E-state index in [1.54, 1.807) is 24.3 Å². The minimum Gasteiger partial charge on any atom is -0.508 e. The van der Waals surface area contributed by atoms with E-state index in [1.165, 1.54) is 0 Å². The molecule has 0 aliphatic carbocycles. The van der Waals surface area contributed by atoms with E-state index < -0.39 is 0 Å². The Labute approximate surface area is 88.2 Å². The number of hydrogen-bond donors (Lipinski definition) is 2. The molecule has 0 fully saturated rings. The van der Waals surface area contributed by atoms with Crippen molar-refractivity contribution in [2.75, 3.05) is 6.54 Å². The minimum atomic E-state index is -0.284. The number of carbonyl (C=O) groups is 1. The molecule has 0 aliphatic rings. The van der Waals surface area contributed by atoms with Crippen LogP contribution in [0.2, 0.25) is 0 Å². The number of phenolic OH excluding ortho intramolecular Hbond substituents is 1. The van der Waals surface area contributed by atoms with Crippen molar-refractivity contribution in [1.82, 2.24) is 5.32 Å². The molecule has 1 aromatic rings. The maximum absolute atomic E-state index is 10.9. The number of hydrogen-bond acceptors (Lipinski definition) is 3. The van der Waals surface area contributed by atoms with Gasteiger partial charge < -0.3 is 10.4 Å². The number of benzene rings is 1. The number of aromatic hydroxyl groups is 1. The Kier molecular flexibility index (Phi) is 4.17. The van der Waals surface area contributed by atoms with Crippen LogP contribution in [-0.2, 0) is 11.2 Å². The molecule has 2 N–H and O–H groups in total. The lowest BCUT2D eigenvalue weighted by atomic mass is 10.1. The summed E-state index contributed by atoms with van der Waals surface area (Å²) >= 11 is 0. The summed E-state index contributed by atoms with van der Waals surface area (Å²) in [7, 11) is 0. The van der Waals surface area contributed by atoms with Gasteiger partial charge in [-0.05, 0) is 18.1 Å². The number of phenols is 1. The monoisotopic (exact) mass is 204 g/mol. The van der Waals surface area contributed by atoms with Crippen molar-refractivity contribution in [3.05, 3.63) is 29.8 Å². The SMILES string of the molecule is N#CCC(=O)NCCc1ccccc1O. The zero-order valence-corrected chi connectivity index (χ0v) is 8.23. The van der Waals surface area contributed by atoms with Crippen LogP contribution in [0.3, 0.4) is 0 Å². The Morgan fingerprint density at radius 2 is 2.20 bits per heavy atom. The van der Waals surface area contributed by atoms with E-state index in [1.807, 2.05) is 6.07 Å². The Morgan fingerprint density at radius 1 is 1.47 bits per heavy atom. The molecule has 0 unspecified atom stereocenters. The number of nitrogens with zero attached hydrogens (tertiary/aromatic N) is 1. The molecule has 1 rings (SSSR count). The van der Waals surface area contributed by atoms with Gasteiger partial charge in [0.15, 0.2) is 0 Å². The molecule has 1 aromatic carbocycles. The summed E-state index contributed by atoms with van der Waals surface area (Å²) in [4.78, 5) is 10.9. The molecule has 1 amide bonds. The maximum Gasteiger partial charge on any atom is 0.234 e. The third-order valence-electron chi connectivity index (χ3n) is 1.95. The van der Waals surface area contributed by atoms with Crippen LogP contribution in [0.5, 0.6) is 5.75 Å². The molecular weight excluding hydrogens is 192 g/mol. The zero-order valence-electron chi connectivity index (χ0n) is 8.23. The predicted octanol–water partition coefficient (Wildman–Crippen LogP) is 0.965. The third-order valence-corrected chi connectivity index (χ3v) is 1.95. The van der Waals surface area contributed by atoms with Crippen molar-refractivity contribution < 1.29 is 9.90 Å². The summed E-state index contributed by atoms with van der Waals surface area (Å²) in [5, 5.41) is 20.2. The first-order chi connectivity index (χ1) is 7.24. The Bertz CT molecular complexity index is 382. The van der Waals surface area contributed by atoms with Gasteiger partial charge in [-0.15, -0.1) is 0 Å². The van der Waals surface area contributed by atoms with Crippen molar-refractivity contribution in [2.24, 2.45) is 0 Å². The van der Waals surface area contributed by atoms with Crippen LogP contribution in [0.4, 0.5) is 0 Å². The second kappa shape index (κ2) is 5.66. The van der Waals surface area contributed by atoms with Crippen molar-refractivity contribution >= 4 is 5.91 Å². The average Bonchev–Trinajstić information content (AvgIpc) is 2.21. The van der Waals surface area contributed by atoms with E-state index in [-0.39, 0.29) is 18.1 Å². The lowest BCUT2D eigenvalue weighted by molar-refractivity contribution is -0.120. The quantitative estimate of drug-likeness (QED) is 0.767. The largest absolute Gasteiger partial charge is 0.508 e. The third kappa shape index (κ3) is 3.69. The lowest BCUT2D eigenvalue weighted by Crippen LogP contribution is -2.24. The molecule has 4 heteroatoms. The van der Waals surface area contributed by atoms with Gasteiger partial charge >= 0.3 is 0 Å². The fourth-order valence-electron chi connectivity index (χ4n) is 1.19. The standard InChI is InChI=1S/C11H12N2O2/c12-7-5-11(15)13-8-6-9-3-1-2-4-10(9)14/h1-4,14H,5-6,8H2,(H,13,15). The molecule has 0 atom stereocenters. The minimum absolute atomic E-state index is 0.124. The molecule has 0 radical (unpaired) electrons. The topological polar surface area (TPSA) is 73.1 Å². The predicted molar refractivity (Wildman–Crippen MR) is 55.1 cm³/mol. The highest BCUT2D eigenvalue weighted by atomic mass is 16.3. The summed E-state index contributed by atoms with van der Waals surface area (Å²) in [6, 6.07) is 8.74. The van der Waals surface area contributed by atoms with Gasteiger partial charge in [0.25, 0.3) is 0 Å². The van der Waals surface area contributed by atoms with Crippen LogP contribution in [-0.4, -0.2) is 17.6 Å². The number of amides is 1. The molecule has 0 aliphatic heterocycles. The van der Waals surface area contributed by atoms with Gasteiger partial charge in [-0.1, -0.05) is 18.2 Å². The number of nitriles is 1. The van der Waals surface area contributed by atoms with Crippen molar-refractivity contribution in [3.8, 4) is 11.8 Å². The summed E-state index contributed by atoms with van der Waals surface area (Å²) < 4.78 is 0. The number of rotatable bonds is 4. The second-order valence-electron chi connectivity index (χ2n) is 3.06. The Morgan fingerprint density at radius 3 is 2.87 bits per heavy atom. The normalized spacial score (nSPS) is 9.27. The molecule has 0 bridgehead atoms. The highest BCUT2D eigenvalue weighted by molar-refractivity contribution is 5.77. The van der Waals surface area contributed by atoms with Gasteiger partial charge in [-0.2, -0.15) is 5.26 Å². The van der Waals surface area contributed by atoms with E-state index in [9.17, 15) is 9.90 Å². The van der Waals surface area contributed by atoms with Crippen molar-refractivity contribution in [2.45, 2.75) is 12.8 Å². The van der Waals surface area contributed by atoms with E-state index in [2.05, 4.69) is 5.32 Å². The average molecular weight is 204 g/mol. The van der Waals surface area contributed by atoms with Gasteiger partial charge in [0.1, 0.15) is 12.2 Å². The first-order valence-electron chi connectivity index (χ1n) is 4.64. The van der Waals surface area contributed by atoms with E-state index in [0.717, 1.165) is 5.56 Å². The molecule has 0 saturated carbocycles. The van der Waals surface area contributed by atoms with Crippen LogP contribution in [0, 0.1) is 11.3 Å². The van der Waals surface area contributed by atoms with Crippen LogP contribution >= 0.6 is 0 Å². The van der Waals surface area contributed by atoms with E-state index in [4.69, 9.17) is 5.26 Å². The van der Waals surface area contributed by atoms with Crippen LogP contribution in [0.15, 0.2) is 24.3 Å². The first-order valence-corrected chi connectivity index (χ1v) is 4.64. The molecular formula is C11H12N2O2. The Balaban J connectivity index is 2.36. The van der Waals surface area contributed by atoms with Crippen molar-refractivity contribution in [1.29, 1.82) is 5.26 Å². The molecule has 0 heterocycles. The van der Waals surface area contributed by atoms with Gasteiger partial charge in [-0.3, -0.25) is 4.79 Å². The molecule has 0 spiro atoms. The molecule has 78 valence electrons. The highest BCUT2D eigenvalue weighted by Crippen LogP contribution is 2.15. The fraction of sp³-hybridized carbons (Fsp3) is 0.273. The smallest absolute Gasteiger partial charge is 0.234 e. The van der Waals surface area contributed by atoms with E-state index in [0.29, 0.717) is 13.0 Å².